The first-order chi connectivity index (χ1) is 6.46. The lowest BCUT2D eigenvalue weighted by Gasteiger charge is -2.43. The van der Waals surface area contributed by atoms with Crippen LogP contribution >= 0.6 is 0 Å². The largest absolute Gasteiger partial charge is 0.394 e. The Labute approximate surface area is 76.4 Å². The van der Waals surface area contributed by atoms with E-state index in [9.17, 15) is 20.4 Å². The summed E-state index contributed by atoms with van der Waals surface area (Å²) in [5.41, 5.74) is 0. The van der Waals surface area contributed by atoms with Gasteiger partial charge in [0.25, 0.3) is 0 Å². The van der Waals surface area contributed by atoms with Gasteiger partial charge in [-0.15, -0.1) is 0 Å². The van der Waals surface area contributed by atoms with Crippen LogP contribution in [0.3, 0.4) is 0 Å². The molecule has 1 fully saturated rings. The Bertz CT molecular complexity index is 201. The summed E-state index contributed by atoms with van der Waals surface area (Å²) >= 11 is 0. The lowest BCUT2D eigenvalue weighted by molar-refractivity contribution is -0.341. The summed E-state index contributed by atoms with van der Waals surface area (Å²) in [5, 5.41) is 46.1. The predicted molar refractivity (Wildman–Crippen MR) is 40.6 cm³/mol. The van der Waals surface area contributed by atoms with Crippen molar-refractivity contribution in [2.75, 3.05) is 6.61 Å². The van der Waals surface area contributed by atoms with Gasteiger partial charge in [0.05, 0.1) is 6.61 Å². The summed E-state index contributed by atoms with van der Waals surface area (Å²) in [6.07, 6.45) is -6.10. The molecule has 0 aliphatic carbocycles. The molecule has 0 aromatic rings. The van der Waals surface area contributed by atoms with Crippen LogP contribution in [0.1, 0.15) is 8.27 Å². The maximum Gasteiger partial charge on any atom is 0.192 e. The van der Waals surface area contributed by atoms with Crippen molar-refractivity contribution in [2.24, 2.45) is 0 Å². The van der Waals surface area contributed by atoms with Crippen molar-refractivity contribution in [1.29, 1.82) is 0 Å². The van der Waals surface area contributed by atoms with E-state index in [1.165, 1.54) is 0 Å². The Morgan fingerprint density at radius 2 is 2.00 bits per heavy atom. The highest BCUT2D eigenvalue weighted by Crippen LogP contribution is 2.27. The van der Waals surface area contributed by atoms with Gasteiger partial charge in [-0.1, -0.05) is 0 Å². The second-order valence-corrected chi connectivity index (χ2v) is 3.11. The molecule has 1 rings (SSSR count). The molecule has 0 aromatic heterocycles. The molecule has 6 heteroatoms. The molecule has 1 unspecified atom stereocenters. The van der Waals surface area contributed by atoms with E-state index < -0.39 is 43.7 Å². The van der Waals surface area contributed by atoms with Crippen LogP contribution in [0, 0.1) is 0 Å². The highest BCUT2D eigenvalue weighted by molar-refractivity contribution is 4.93. The second kappa shape index (κ2) is 3.49. The van der Waals surface area contributed by atoms with Gasteiger partial charge in [0, 0.05) is 1.37 Å². The van der Waals surface area contributed by atoms with Crippen molar-refractivity contribution in [3.63, 3.8) is 0 Å². The third-order valence-corrected chi connectivity index (χ3v) is 2.05. The fraction of sp³-hybridized carbons (Fsp3) is 1.00. The molecule has 0 amide bonds. The van der Waals surface area contributed by atoms with Gasteiger partial charge in [-0.3, -0.25) is 0 Å². The lowest BCUT2D eigenvalue weighted by Crippen LogP contribution is -2.63. The molecule has 1 saturated heterocycles. The van der Waals surface area contributed by atoms with Crippen molar-refractivity contribution in [3.8, 4) is 0 Å². The zero-order valence-electron chi connectivity index (χ0n) is 7.87. The molecule has 13 heavy (non-hydrogen) atoms. The van der Waals surface area contributed by atoms with E-state index >= 15 is 0 Å². The zero-order valence-corrected chi connectivity index (χ0v) is 6.87. The third-order valence-electron chi connectivity index (χ3n) is 2.05. The molecule has 5 N–H and O–H groups in total. The van der Waals surface area contributed by atoms with Gasteiger partial charge in [0.1, 0.15) is 24.4 Å². The van der Waals surface area contributed by atoms with E-state index in [0.29, 0.717) is 0 Å². The Morgan fingerprint density at radius 3 is 2.46 bits per heavy atom. The van der Waals surface area contributed by atoms with Crippen LogP contribution in [-0.4, -0.2) is 62.3 Å². The van der Waals surface area contributed by atoms with Gasteiger partial charge in [0.15, 0.2) is 5.79 Å². The van der Waals surface area contributed by atoms with E-state index in [1.807, 2.05) is 0 Å². The van der Waals surface area contributed by atoms with Gasteiger partial charge < -0.3 is 30.3 Å². The number of aliphatic hydroxyl groups is 5. The van der Waals surface area contributed by atoms with E-state index in [-0.39, 0.29) is 0 Å². The third kappa shape index (κ3) is 1.83. The molecular formula is C7H14O6. The van der Waals surface area contributed by atoms with Crippen LogP contribution in [0.25, 0.3) is 0 Å². The summed E-state index contributed by atoms with van der Waals surface area (Å²) in [7, 11) is 0. The number of hydrogen-bond acceptors (Lipinski definition) is 6. The Balaban J connectivity index is 2.84. The maximum atomic E-state index is 9.50. The molecule has 78 valence electrons. The summed E-state index contributed by atoms with van der Waals surface area (Å²) in [4.78, 5) is 0. The fourth-order valence-electron chi connectivity index (χ4n) is 1.22. The Morgan fingerprint density at radius 1 is 1.38 bits per heavy atom. The summed E-state index contributed by atoms with van der Waals surface area (Å²) in [6, 6.07) is 0. The van der Waals surface area contributed by atoms with Crippen LogP contribution in [0.5, 0.6) is 0 Å². The Kier molecular flexibility index (Phi) is 2.50. The highest BCUT2D eigenvalue weighted by atomic mass is 16.7. The van der Waals surface area contributed by atoms with Crippen molar-refractivity contribution in [1.82, 2.24) is 0 Å². The average Bonchev–Trinajstić information content (AvgIpc) is 2.20. The first kappa shape index (κ1) is 9.32. The molecule has 0 saturated carbocycles. The molecule has 0 spiro atoms. The minimum Gasteiger partial charge on any atom is -0.394 e. The van der Waals surface area contributed by atoms with Gasteiger partial charge >= 0.3 is 0 Å². The standard InChI is InChI=1S/C7H14O6/c1-7(12)6(11)5(10)4(9)3(2-8)13-7/h3-6,8-12H,2H2,1H3/t3-,4+,5+,6-,7?/m1/s1/i1D. The molecule has 1 heterocycles. The highest BCUT2D eigenvalue weighted by Gasteiger charge is 2.49. The van der Waals surface area contributed by atoms with Crippen LogP contribution in [0.15, 0.2) is 0 Å². The quantitative estimate of drug-likeness (QED) is 0.308. The first-order valence-corrected chi connectivity index (χ1v) is 3.80. The zero-order chi connectivity index (χ0) is 10.9. The van der Waals surface area contributed by atoms with Gasteiger partial charge in [-0.25, -0.2) is 0 Å². The average molecular weight is 195 g/mol. The molecule has 0 radical (unpaired) electrons. The summed E-state index contributed by atoms with van der Waals surface area (Å²) in [6.45, 7) is -1.32. The van der Waals surface area contributed by atoms with Crippen molar-refractivity contribution < 1.29 is 31.6 Å². The minimum atomic E-state index is -2.24. The lowest BCUT2D eigenvalue weighted by atomic mass is 9.94. The van der Waals surface area contributed by atoms with E-state index in [4.69, 9.17) is 11.2 Å². The molecule has 1 aliphatic rings. The van der Waals surface area contributed by atoms with Gasteiger partial charge in [-0.05, 0) is 6.90 Å². The van der Waals surface area contributed by atoms with Crippen LogP contribution in [0.2, 0.25) is 0 Å². The van der Waals surface area contributed by atoms with Crippen LogP contribution < -0.4 is 0 Å². The number of hydrogen-bond donors (Lipinski definition) is 5. The summed E-state index contributed by atoms with van der Waals surface area (Å²) < 4.78 is 11.7. The van der Waals surface area contributed by atoms with Gasteiger partial charge in [0.2, 0.25) is 0 Å². The van der Waals surface area contributed by atoms with E-state index in [1.54, 1.807) is 0 Å². The smallest absolute Gasteiger partial charge is 0.192 e. The first-order valence-electron chi connectivity index (χ1n) is 4.51. The SMILES string of the molecule is [2H]CC1(O)O[C@H](CO)[C@H](O)[C@H](O)[C@H]1O. The van der Waals surface area contributed by atoms with E-state index in [2.05, 4.69) is 0 Å². The van der Waals surface area contributed by atoms with Crippen molar-refractivity contribution in [2.45, 2.75) is 37.1 Å². The molecule has 5 atom stereocenters. The summed E-state index contributed by atoms with van der Waals surface area (Å²) in [5.74, 6) is -2.24. The van der Waals surface area contributed by atoms with Crippen molar-refractivity contribution in [3.05, 3.63) is 0 Å². The van der Waals surface area contributed by atoms with Crippen LogP contribution in [-0.2, 0) is 4.74 Å². The van der Waals surface area contributed by atoms with E-state index in [0.717, 1.165) is 0 Å². The van der Waals surface area contributed by atoms with Crippen LogP contribution in [0.4, 0.5) is 0 Å². The molecule has 0 aromatic carbocycles. The van der Waals surface area contributed by atoms with Crippen molar-refractivity contribution >= 4 is 0 Å². The minimum absolute atomic E-state index is 0.618. The Hall–Kier alpha value is -0.240. The van der Waals surface area contributed by atoms with Gasteiger partial charge in [-0.2, -0.15) is 0 Å². The molecule has 0 bridgehead atoms. The monoisotopic (exact) mass is 195 g/mol. The normalized spacial score (nSPS) is 53.2. The molecular weight excluding hydrogens is 180 g/mol. The topological polar surface area (TPSA) is 110 Å². The molecule has 6 nitrogen and oxygen atoms in total. The second-order valence-electron chi connectivity index (χ2n) is 3.11. The predicted octanol–water partition coefficient (Wildman–Crippen LogP) is -2.83. The maximum absolute atomic E-state index is 9.50. The fourth-order valence-corrected chi connectivity index (χ4v) is 1.22. The molecule has 1 aliphatic heterocycles. The number of rotatable bonds is 1. The number of aliphatic hydroxyl groups excluding tert-OH is 4. The number of ether oxygens (including phenoxy) is 1.